The van der Waals surface area contributed by atoms with Gasteiger partial charge in [0.2, 0.25) is 13.6 Å². The third-order valence-electron chi connectivity index (χ3n) is 16.5. The molecule has 1 saturated heterocycles. The van der Waals surface area contributed by atoms with Crippen molar-refractivity contribution in [1.29, 1.82) is 0 Å². The van der Waals surface area contributed by atoms with E-state index in [4.69, 9.17) is 18.9 Å². The van der Waals surface area contributed by atoms with Crippen LogP contribution in [0.1, 0.15) is 103 Å². The first kappa shape index (κ1) is 53.9. The van der Waals surface area contributed by atoms with E-state index in [1.54, 1.807) is 72.8 Å². The fraction of sp³-hybridized carbons (Fsp3) is 0.254. The molecule has 1 fully saturated rings. The molecule has 83 heavy (non-hydrogen) atoms. The molecule has 4 amide bonds. The van der Waals surface area contributed by atoms with Crippen LogP contribution in [-0.2, 0) is 38.9 Å². The monoisotopic (exact) mass is 1110 g/mol. The first-order valence-electron chi connectivity index (χ1n) is 27.4. The molecule has 0 radical (unpaired) electrons. The molecule has 16 nitrogen and oxygen atoms in total. The van der Waals surface area contributed by atoms with Crippen molar-refractivity contribution in [2.45, 2.75) is 90.8 Å². The van der Waals surface area contributed by atoms with Gasteiger partial charge in [0.25, 0.3) is 23.6 Å². The Morgan fingerprint density at radius 1 is 0.361 bits per heavy atom. The molecule has 7 aromatic rings. The second kappa shape index (κ2) is 22.7. The van der Waals surface area contributed by atoms with Crippen molar-refractivity contribution in [2.24, 2.45) is 20.0 Å². The maximum atomic E-state index is 13.4. The van der Waals surface area contributed by atoms with Gasteiger partial charge >= 0.3 is 0 Å². The quantitative estimate of drug-likeness (QED) is 0.136. The highest BCUT2D eigenvalue weighted by molar-refractivity contribution is 6.05. The van der Waals surface area contributed by atoms with Gasteiger partial charge in [0.05, 0.1) is 69.2 Å². The lowest BCUT2D eigenvalue weighted by Crippen LogP contribution is -2.44. The number of carbonyl (C=O) groups excluding carboxylic acids is 4. The summed E-state index contributed by atoms with van der Waals surface area (Å²) >= 11 is 0. The van der Waals surface area contributed by atoms with E-state index in [1.807, 2.05) is 80.9 Å². The zero-order valence-corrected chi connectivity index (χ0v) is 44.1. The molecule has 8 heterocycles. The Kier molecular flexibility index (Phi) is 14.7. The summed E-state index contributed by atoms with van der Waals surface area (Å²) in [6.07, 6.45) is 11.7. The first-order chi connectivity index (χ1) is 39.7. The zero-order chi connectivity index (χ0) is 54.6. The van der Waals surface area contributed by atoms with Crippen LogP contribution < -0.4 is 18.9 Å². The lowest BCUT2D eigenvalue weighted by atomic mass is 9.94. The summed E-state index contributed by atoms with van der Waals surface area (Å²) in [7, 11) is 0. The van der Waals surface area contributed by atoms with Crippen molar-refractivity contribution >= 4 is 71.2 Å². The van der Waals surface area contributed by atoms with Gasteiger partial charge in [-0.25, -0.2) is 0 Å². The van der Waals surface area contributed by atoms with Crippen molar-refractivity contribution in [3.8, 4) is 23.0 Å². The van der Waals surface area contributed by atoms with Crippen LogP contribution in [0.15, 0.2) is 166 Å². The summed E-state index contributed by atoms with van der Waals surface area (Å²) in [5.74, 6) is 2.14. The number of benzene rings is 7. The summed E-state index contributed by atoms with van der Waals surface area (Å²) in [6, 6.07) is 45.8. The van der Waals surface area contributed by atoms with Gasteiger partial charge in [0.1, 0.15) is 23.0 Å². The minimum atomic E-state index is -0.0821. The van der Waals surface area contributed by atoms with E-state index in [-0.39, 0.29) is 76.2 Å². The van der Waals surface area contributed by atoms with Gasteiger partial charge in [0, 0.05) is 75.3 Å². The Labute approximate surface area is 482 Å². The number of aliphatic imine (C=N–C) groups is 4. The fourth-order valence-electron chi connectivity index (χ4n) is 12.1. The Balaban J connectivity index is 0.000000161. The third-order valence-corrected chi connectivity index (χ3v) is 16.5. The molecule has 0 aliphatic carbocycles. The minimum absolute atomic E-state index is 0. The van der Waals surface area contributed by atoms with Crippen LogP contribution in [0, 0.1) is 0 Å². The van der Waals surface area contributed by atoms with Crippen LogP contribution in [0.25, 0.3) is 0 Å². The van der Waals surface area contributed by atoms with Gasteiger partial charge < -0.3 is 38.5 Å². The SMILES string of the molecule is C.C.O=C1c2ccc(OCOc3ccc4c(c3)N=C[C@@H]3Cc5ccccc5CN3C4=O)cc2N=C[C@@H]2CCCN12.O=C1c2ccc(OCOc3ccc4c(c3)N=C[C@@H]3Cc5ccccc5CN3C4=O)cc2N=C[C@@H]2Cc3ccccc3CN12. The number of amides is 4. The van der Waals surface area contributed by atoms with E-state index >= 15 is 0 Å². The third kappa shape index (κ3) is 10.4. The van der Waals surface area contributed by atoms with E-state index in [9.17, 15) is 19.2 Å². The van der Waals surface area contributed by atoms with Crippen molar-refractivity contribution < 1.29 is 38.1 Å². The Bertz CT molecular complexity index is 3720. The first-order valence-corrected chi connectivity index (χ1v) is 27.4. The molecular weight excluding hydrogens is 1040 g/mol. The molecular formula is C67H62N8O8. The van der Waals surface area contributed by atoms with E-state index in [0.29, 0.717) is 87.6 Å². The number of rotatable bonds is 8. The normalized spacial score (nSPS) is 19.8. The number of fused-ring (bicyclic) bond motifs is 11. The molecule has 418 valence electrons. The second-order valence-electron chi connectivity index (χ2n) is 21.3. The maximum absolute atomic E-state index is 13.4. The molecule has 0 saturated carbocycles. The summed E-state index contributed by atoms with van der Waals surface area (Å²) < 4.78 is 23.4. The van der Waals surface area contributed by atoms with Gasteiger partial charge in [-0.15, -0.1) is 0 Å². The largest absolute Gasteiger partial charge is 0.457 e. The topological polar surface area (TPSA) is 168 Å². The van der Waals surface area contributed by atoms with Crippen molar-refractivity contribution in [3.05, 3.63) is 201 Å². The zero-order valence-electron chi connectivity index (χ0n) is 44.1. The molecule has 0 spiro atoms. The number of nitrogens with zero attached hydrogens (tertiary/aromatic N) is 8. The highest BCUT2D eigenvalue weighted by Crippen LogP contribution is 2.38. The molecule has 0 aromatic heterocycles. The lowest BCUT2D eigenvalue weighted by Gasteiger charge is -2.34. The van der Waals surface area contributed by atoms with E-state index < -0.39 is 0 Å². The average Bonchev–Trinajstić information content (AvgIpc) is 3.80. The summed E-state index contributed by atoms with van der Waals surface area (Å²) in [4.78, 5) is 79.2. The Hall–Kier alpha value is -9.70. The summed E-state index contributed by atoms with van der Waals surface area (Å²) in [5.41, 5.74) is 11.9. The maximum Gasteiger partial charge on any atom is 0.256 e. The molecule has 8 aliphatic rings. The van der Waals surface area contributed by atoms with Gasteiger partial charge in [-0.05, 0) is 114 Å². The summed E-state index contributed by atoms with van der Waals surface area (Å²) in [5, 5.41) is 0. The Morgan fingerprint density at radius 3 is 0.976 bits per heavy atom. The van der Waals surface area contributed by atoms with Crippen LogP contribution >= 0.6 is 0 Å². The molecule has 7 aromatic carbocycles. The number of hydrogen-bond donors (Lipinski definition) is 0. The highest BCUT2D eigenvalue weighted by Gasteiger charge is 2.36. The van der Waals surface area contributed by atoms with E-state index in [1.165, 1.54) is 33.4 Å². The molecule has 0 N–H and O–H groups in total. The molecule has 16 heteroatoms. The van der Waals surface area contributed by atoms with Crippen LogP contribution in [0.4, 0.5) is 22.7 Å². The van der Waals surface area contributed by atoms with Crippen LogP contribution in [0.5, 0.6) is 23.0 Å². The molecule has 0 unspecified atom stereocenters. The lowest BCUT2D eigenvalue weighted by molar-refractivity contribution is 0.0696. The smallest absolute Gasteiger partial charge is 0.256 e. The average molecular weight is 1110 g/mol. The van der Waals surface area contributed by atoms with Gasteiger partial charge in [-0.1, -0.05) is 87.6 Å². The highest BCUT2D eigenvalue weighted by atomic mass is 16.7. The standard InChI is InChI=1S/C35H28N4O4.C30H26N4O4.2CH4/c40-34-30-11-9-28(15-32(30)36-17-26-13-22-5-1-3-7-24(22)19-38(26)34)42-21-43-29-10-12-31-33(16-29)37-18-27-14-23-6-2-4-8-25(23)20-39(27)35(31)41;35-29-25-9-7-23(13-27(25)31-15-21-6-3-11-33(21)29)37-18-38-24-8-10-26-28(14-24)32-16-22-12-19-4-1-2-5-20(19)17-34(22)30(26)36;;/h1-12,15-18,26-27H,13-14,19-21H2;1-2,4-5,7-10,13-16,21-22H,3,6,11-12,17-18H2;2*1H4/t26-,27-;21-,22-;;/m00../s1. The van der Waals surface area contributed by atoms with Crippen molar-refractivity contribution in [2.75, 3.05) is 20.1 Å². The van der Waals surface area contributed by atoms with Gasteiger partial charge in [-0.3, -0.25) is 39.1 Å². The van der Waals surface area contributed by atoms with Gasteiger partial charge in [-0.2, -0.15) is 0 Å². The van der Waals surface area contributed by atoms with Crippen LogP contribution in [0.3, 0.4) is 0 Å². The predicted molar refractivity (Wildman–Crippen MR) is 320 cm³/mol. The molecule has 8 aliphatic heterocycles. The van der Waals surface area contributed by atoms with Crippen molar-refractivity contribution in [3.63, 3.8) is 0 Å². The minimum Gasteiger partial charge on any atom is -0.457 e. The fourth-order valence-corrected chi connectivity index (χ4v) is 12.1. The van der Waals surface area contributed by atoms with E-state index in [2.05, 4.69) is 56.4 Å². The van der Waals surface area contributed by atoms with Gasteiger partial charge in [0.15, 0.2) is 0 Å². The molecule has 4 atom stereocenters. The Morgan fingerprint density at radius 2 is 0.651 bits per heavy atom. The number of carbonyl (C=O) groups is 4. The molecule has 15 rings (SSSR count). The second-order valence-corrected chi connectivity index (χ2v) is 21.3. The molecule has 0 bridgehead atoms. The summed E-state index contributed by atoms with van der Waals surface area (Å²) in [6.45, 7) is 2.39. The number of hydrogen-bond acceptors (Lipinski definition) is 12. The van der Waals surface area contributed by atoms with E-state index in [0.717, 1.165) is 38.6 Å². The predicted octanol–water partition coefficient (Wildman–Crippen LogP) is 11.6. The van der Waals surface area contributed by atoms with Crippen LogP contribution in [0.2, 0.25) is 0 Å². The van der Waals surface area contributed by atoms with Crippen molar-refractivity contribution in [1.82, 2.24) is 19.6 Å². The van der Waals surface area contributed by atoms with Crippen LogP contribution in [-0.4, -0.2) is 112 Å². The number of ether oxygens (including phenoxy) is 4.